The van der Waals surface area contributed by atoms with Crippen LogP contribution in [-0.4, -0.2) is 12.4 Å². The Morgan fingerprint density at radius 3 is 2.64 bits per heavy atom. The minimum absolute atomic E-state index is 0.0754. The molecule has 1 heterocycles. The molecule has 1 atom stereocenters. The van der Waals surface area contributed by atoms with Crippen LogP contribution in [0.5, 0.6) is 0 Å². The van der Waals surface area contributed by atoms with E-state index in [0.717, 1.165) is 5.56 Å². The smallest absolute Gasteiger partial charge is 0.138 e. The van der Waals surface area contributed by atoms with Gasteiger partial charge in [-0.05, 0) is 17.7 Å². The normalized spacial score (nSPS) is 22.4. The predicted molar refractivity (Wildman–Crippen MR) is 54.4 cm³/mol. The molecule has 3 heteroatoms. The molecule has 1 saturated heterocycles. The molecule has 0 amide bonds. The lowest BCUT2D eigenvalue weighted by molar-refractivity contribution is -0.128. The zero-order chi connectivity index (χ0) is 9.97. The van der Waals surface area contributed by atoms with Crippen LogP contribution in [-0.2, 0) is 9.53 Å². The third-order valence-corrected chi connectivity index (χ3v) is 2.61. The summed E-state index contributed by atoms with van der Waals surface area (Å²) in [6.07, 6.45) is 0.958. The van der Waals surface area contributed by atoms with Crippen LogP contribution < -0.4 is 0 Å². The van der Waals surface area contributed by atoms with Gasteiger partial charge in [0.2, 0.25) is 0 Å². The number of halogens is 1. The molecule has 1 fully saturated rings. The number of rotatable bonds is 1. The predicted octanol–water partition coefficient (Wildman–Crippen LogP) is 2.76. The highest BCUT2D eigenvalue weighted by molar-refractivity contribution is 6.30. The fourth-order valence-corrected chi connectivity index (χ4v) is 1.70. The van der Waals surface area contributed by atoms with Gasteiger partial charge in [-0.25, -0.2) is 0 Å². The molecular weight excluding hydrogens is 200 g/mol. The largest absolute Gasteiger partial charge is 0.373 e. The van der Waals surface area contributed by atoms with E-state index in [1.807, 2.05) is 24.3 Å². The van der Waals surface area contributed by atoms with Crippen molar-refractivity contribution in [2.45, 2.75) is 18.9 Å². The van der Waals surface area contributed by atoms with E-state index in [1.54, 1.807) is 0 Å². The first-order valence-electron chi connectivity index (χ1n) is 4.64. The first-order valence-corrected chi connectivity index (χ1v) is 5.02. The molecule has 0 radical (unpaired) electrons. The van der Waals surface area contributed by atoms with Gasteiger partial charge < -0.3 is 4.74 Å². The van der Waals surface area contributed by atoms with Crippen LogP contribution in [0, 0.1) is 0 Å². The standard InChI is InChI=1S/C11H11ClO2/c12-9-3-1-8(2-4-9)11-7-10(13)5-6-14-11/h1-4,11H,5-7H2/t11-/m1/s1. The number of Topliss-reactive ketones (excluding diaryl/α,β-unsaturated/α-hetero) is 1. The summed E-state index contributed by atoms with van der Waals surface area (Å²) in [5.41, 5.74) is 1.03. The molecule has 1 aliphatic heterocycles. The molecule has 0 aromatic heterocycles. The highest BCUT2D eigenvalue weighted by atomic mass is 35.5. The second kappa shape index (κ2) is 4.11. The van der Waals surface area contributed by atoms with Crippen molar-refractivity contribution < 1.29 is 9.53 Å². The Hall–Kier alpha value is -0.860. The van der Waals surface area contributed by atoms with E-state index in [0.29, 0.717) is 24.5 Å². The van der Waals surface area contributed by atoms with Crippen molar-refractivity contribution in [2.75, 3.05) is 6.61 Å². The molecule has 0 bridgehead atoms. The van der Waals surface area contributed by atoms with Gasteiger partial charge in [-0.3, -0.25) is 4.79 Å². The summed E-state index contributed by atoms with van der Waals surface area (Å²) in [6.45, 7) is 0.534. The number of hydrogen-bond acceptors (Lipinski definition) is 2. The zero-order valence-corrected chi connectivity index (χ0v) is 8.46. The molecule has 14 heavy (non-hydrogen) atoms. The second-order valence-corrected chi connectivity index (χ2v) is 3.84. The highest BCUT2D eigenvalue weighted by Gasteiger charge is 2.21. The molecule has 1 aromatic rings. The Balaban J connectivity index is 2.14. The van der Waals surface area contributed by atoms with Crippen LogP contribution in [0.1, 0.15) is 24.5 Å². The van der Waals surface area contributed by atoms with Crippen molar-refractivity contribution in [1.29, 1.82) is 0 Å². The maximum Gasteiger partial charge on any atom is 0.138 e. The zero-order valence-electron chi connectivity index (χ0n) is 7.70. The van der Waals surface area contributed by atoms with Gasteiger partial charge in [0.05, 0.1) is 12.7 Å². The Bertz CT molecular complexity index is 332. The SMILES string of the molecule is O=C1CCO[C@@H](c2ccc(Cl)cc2)C1. The summed E-state index contributed by atoms with van der Waals surface area (Å²) < 4.78 is 5.51. The van der Waals surface area contributed by atoms with Crippen LogP contribution in [0.4, 0.5) is 0 Å². The average molecular weight is 211 g/mol. The summed E-state index contributed by atoms with van der Waals surface area (Å²) in [4.78, 5) is 11.2. The first kappa shape index (κ1) is 9.69. The van der Waals surface area contributed by atoms with Crippen LogP contribution in [0.25, 0.3) is 0 Å². The Kier molecular flexibility index (Phi) is 2.85. The van der Waals surface area contributed by atoms with Gasteiger partial charge in [0.25, 0.3) is 0 Å². The molecule has 0 spiro atoms. The van der Waals surface area contributed by atoms with Crippen molar-refractivity contribution in [1.82, 2.24) is 0 Å². The fraction of sp³-hybridized carbons (Fsp3) is 0.364. The molecule has 2 rings (SSSR count). The van der Waals surface area contributed by atoms with E-state index in [2.05, 4.69) is 0 Å². The average Bonchev–Trinajstić information content (AvgIpc) is 2.19. The number of ether oxygens (including phenoxy) is 1. The third-order valence-electron chi connectivity index (χ3n) is 2.35. The summed E-state index contributed by atoms with van der Waals surface area (Å²) in [5, 5.41) is 0.705. The molecule has 74 valence electrons. The van der Waals surface area contributed by atoms with Gasteiger partial charge >= 0.3 is 0 Å². The van der Waals surface area contributed by atoms with E-state index in [-0.39, 0.29) is 11.9 Å². The number of carbonyl (C=O) groups excluding carboxylic acids is 1. The highest BCUT2D eigenvalue weighted by Crippen LogP contribution is 2.26. The third kappa shape index (κ3) is 2.14. The molecule has 0 aliphatic carbocycles. The van der Waals surface area contributed by atoms with Gasteiger partial charge in [0.15, 0.2) is 0 Å². The van der Waals surface area contributed by atoms with Crippen LogP contribution in [0.2, 0.25) is 5.02 Å². The monoisotopic (exact) mass is 210 g/mol. The summed E-state index contributed by atoms with van der Waals surface area (Å²) in [6, 6.07) is 7.45. The lowest BCUT2D eigenvalue weighted by atomic mass is 10.0. The number of benzene rings is 1. The fourth-order valence-electron chi connectivity index (χ4n) is 1.57. The van der Waals surface area contributed by atoms with Gasteiger partial charge in [0, 0.05) is 17.9 Å². The van der Waals surface area contributed by atoms with Crippen molar-refractivity contribution in [3.63, 3.8) is 0 Å². The molecule has 0 saturated carbocycles. The lowest BCUT2D eigenvalue weighted by Crippen LogP contribution is -2.19. The number of carbonyl (C=O) groups is 1. The van der Waals surface area contributed by atoms with Crippen LogP contribution in [0.3, 0.4) is 0 Å². The molecule has 1 aromatic carbocycles. The quantitative estimate of drug-likeness (QED) is 0.713. The number of ketones is 1. The van der Waals surface area contributed by atoms with E-state index < -0.39 is 0 Å². The van der Waals surface area contributed by atoms with Gasteiger partial charge in [-0.15, -0.1) is 0 Å². The van der Waals surface area contributed by atoms with Gasteiger partial charge in [-0.2, -0.15) is 0 Å². The van der Waals surface area contributed by atoms with Gasteiger partial charge in [0.1, 0.15) is 5.78 Å². The summed E-state index contributed by atoms with van der Waals surface area (Å²) >= 11 is 5.77. The van der Waals surface area contributed by atoms with Gasteiger partial charge in [-0.1, -0.05) is 23.7 Å². The van der Waals surface area contributed by atoms with E-state index in [1.165, 1.54) is 0 Å². The Morgan fingerprint density at radius 1 is 1.29 bits per heavy atom. The van der Waals surface area contributed by atoms with Crippen LogP contribution >= 0.6 is 11.6 Å². The minimum atomic E-state index is -0.0754. The molecule has 0 N–H and O–H groups in total. The van der Waals surface area contributed by atoms with Crippen LogP contribution in [0.15, 0.2) is 24.3 Å². The van der Waals surface area contributed by atoms with E-state index >= 15 is 0 Å². The molecule has 2 nitrogen and oxygen atoms in total. The molecule has 0 unspecified atom stereocenters. The van der Waals surface area contributed by atoms with E-state index in [4.69, 9.17) is 16.3 Å². The Morgan fingerprint density at radius 2 is 2.00 bits per heavy atom. The molecular formula is C11H11ClO2. The number of hydrogen-bond donors (Lipinski definition) is 0. The summed E-state index contributed by atoms with van der Waals surface area (Å²) in [5.74, 6) is 0.274. The second-order valence-electron chi connectivity index (χ2n) is 3.40. The maximum absolute atomic E-state index is 11.2. The summed E-state index contributed by atoms with van der Waals surface area (Å²) in [7, 11) is 0. The minimum Gasteiger partial charge on any atom is -0.373 e. The molecule has 1 aliphatic rings. The van der Waals surface area contributed by atoms with E-state index in [9.17, 15) is 4.79 Å². The first-order chi connectivity index (χ1) is 6.75. The van der Waals surface area contributed by atoms with Crippen molar-refractivity contribution in [3.8, 4) is 0 Å². The van der Waals surface area contributed by atoms with Crippen molar-refractivity contribution in [2.24, 2.45) is 0 Å². The lowest BCUT2D eigenvalue weighted by Gasteiger charge is -2.21. The topological polar surface area (TPSA) is 26.3 Å². The van der Waals surface area contributed by atoms with Crippen molar-refractivity contribution in [3.05, 3.63) is 34.9 Å². The Labute approximate surface area is 87.8 Å². The van der Waals surface area contributed by atoms with Crippen molar-refractivity contribution >= 4 is 17.4 Å². The maximum atomic E-state index is 11.2.